The molecule has 12 heterocycles. The number of ether oxygens (including phenoxy) is 10. The van der Waals surface area contributed by atoms with Gasteiger partial charge >= 0.3 is 0 Å². The topological polar surface area (TPSA) is 96.7 Å². The van der Waals surface area contributed by atoms with Crippen LogP contribution < -0.4 is 113 Å². The summed E-state index contributed by atoms with van der Waals surface area (Å²) in [5.41, 5.74) is 24.2. The normalized spacial score (nSPS) is 14.1. The van der Waals surface area contributed by atoms with Gasteiger partial charge in [0.1, 0.15) is 115 Å². The van der Waals surface area contributed by atoms with Crippen molar-refractivity contribution in [2.75, 3.05) is 0 Å². The predicted molar refractivity (Wildman–Crippen MR) is 511 cm³/mol. The summed E-state index contributed by atoms with van der Waals surface area (Å²) in [5, 5.41) is 5.45. The Hall–Kier alpha value is -13.6. The molecule has 0 unspecified atom stereocenters. The van der Waals surface area contributed by atoms with Crippen LogP contribution in [0.4, 0.5) is 0 Å². The Labute approximate surface area is 730 Å². The maximum Gasteiger partial charge on any atom is 0.270 e. The molecule has 27 rings (SSSR count). The lowest BCUT2D eigenvalue weighted by Crippen LogP contribution is -2.60. The first-order valence-corrected chi connectivity index (χ1v) is 43.7. The Morgan fingerprint density at radius 2 is 0.432 bits per heavy atom. The monoisotopic (exact) mass is 1630 g/mol. The second-order valence-corrected chi connectivity index (χ2v) is 39.6. The van der Waals surface area contributed by atoms with Crippen molar-refractivity contribution in [1.29, 1.82) is 0 Å². The fraction of sp³-hybridized carbons (Fsp3) is 0.182. The Morgan fingerprint density at radius 3 is 0.792 bits per heavy atom. The third-order valence-electron chi connectivity index (χ3n) is 26.5. The highest BCUT2D eigenvalue weighted by Gasteiger charge is 2.51. The molecule has 11 nitrogen and oxygen atoms in total. The molecule has 0 aliphatic carbocycles. The third-order valence-corrected chi connectivity index (χ3v) is 26.5. The Bertz CT molecular complexity index is 7180. The third kappa shape index (κ3) is 12.0. The van der Waals surface area contributed by atoms with Crippen molar-refractivity contribution in [3.8, 4) is 115 Å². The Kier molecular flexibility index (Phi) is 16.7. The van der Waals surface area contributed by atoms with Crippen molar-refractivity contribution < 1.29 is 47.4 Å². The Balaban J connectivity index is 0.0000000901. The highest BCUT2D eigenvalue weighted by Crippen LogP contribution is 2.50. The molecule has 608 valence electrons. The molecule has 0 spiro atoms. The van der Waals surface area contributed by atoms with Gasteiger partial charge in [0.15, 0.2) is 0 Å². The fourth-order valence-corrected chi connectivity index (χ4v) is 20.3. The van der Waals surface area contributed by atoms with Crippen LogP contribution >= 0.6 is 0 Å². The predicted octanol–water partition coefficient (Wildman–Crippen LogP) is 21.2. The number of rotatable bonds is 0. The van der Waals surface area contributed by atoms with Crippen molar-refractivity contribution >= 4 is 130 Å². The lowest BCUT2D eigenvalue weighted by atomic mass is 9.33. The summed E-state index contributed by atoms with van der Waals surface area (Å²) in [4.78, 5) is 0. The summed E-state index contributed by atoms with van der Waals surface area (Å²) in [7, 11) is 0. The summed E-state index contributed by atoms with van der Waals surface area (Å²) < 4.78 is 65.4. The van der Waals surface area contributed by atoms with Gasteiger partial charge in [0.25, 0.3) is 26.9 Å². The number of aromatic nitrogens is 1. The molecule has 17 aromatic rings. The molecule has 10 aliphatic rings. The standard InChI is InChI=1S/2C22H17BO3.2C22H19BO2.C22H19N/c1-22(2,3)12-10-17-21-18(11-12)26-16-9-5-7-14-20(16)23(21)19-13(24-14)6-4-8-15(19)25-17;1-22(2,3)12-10-11-17-20-21(12)26-16-9-5-8-15-19(16)23(20)18-13(24-15)6-4-7-14(18)25-17;1-22(2,3)14-12-19-21-20(13-14)25-18-11-7-5-9-16(18)23(21)15-8-4-6-10-17(15)24-19;1-22(2,3)14-12-13-19-20-21(14)25-18-11-7-5-9-16(18)23(20)15-8-4-6-10-17(15)24-19;1-22(2,3)14-12-17-15-8-4-6-10-19(15)23-20-11-7-5-9-16(20)18(13-14)21(17)23/h2*4-11H,1-3H3;2*4-13H,1-3H3;4-13H,1-3H3. The van der Waals surface area contributed by atoms with Gasteiger partial charge in [-0.25, -0.2) is 0 Å². The van der Waals surface area contributed by atoms with E-state index in [4.69, 9.17) is 47.4 Å². The zero-order valence-corrected chi connectivity index (χ0v) is 72.9. The molecule has 15 aromatic carbocycles. The van der Waals surface area contributed by atoms with E-state index in [-0.39, 0.29) is 53.9 Å². The minimum atomic E-state index is -0.0234. The van der Waals surface area contributed by atoms with E-state index in [2.05, 4.69) is 284 Å². The second-order valence-electron chi connectivity index (χ2n) is 39.6. The van der Waals surface area contributed by atoms with Gasteiger partial charge in [0.05, 0.1) is 16.6 Å². The van der Waals surface area contributed by atoms with E-state index in [9.17, 15) is 0 Å². The molecule has 0 N–H and O–H groups in total. The highest BCUT2D eigenvalue weighted by atomic mass is 16.5. The molecule has 0 fully saturated rings. The lowest BCUT2D eigenvalue weighted by Gasteiger charge is -2.39. The van der Waals surface area contributed by atoms with Gasteiger partial charge < -0.3 is 51.8 Å². The zero-order chi connectivity index (χ0) is 85.4. The molecule has 15 heteroatoms. The molecule has 0 atom stereocenters. The molecule has 0 saturated heterocycles. The van der Waals surface area contributed by atoms with E-state index in [0.29, 0.717) is 0 Å². The smallest absolute Gasteiger partial charge is 0.270 e. The van der Waals surface area contributed by atoms with Crippen molar-refractivity contribution in [2.45, 2.75) is 131 Å². The number of nitrogens with zero attached hydrogens (tertiary/aromatic N) is 1. The van der Waals surface area contributed by atoms with Crippen molar-refractivity contribution in [3.63, 3.8) is 0 Å². The van der Waals surface area contributed by atoms with Crippen LogP contribution in [0.2, 0.25) is 0 Å². The molecule has 10 aliphatic heterocycles. The molecule has 0 amide bonds. The number of hydrogen-bond acceptors (Lipinski definition) is 10. The van der Waals surface area contributed by atoms with Crippen molar-refractivity contribution in [2.24, 2.45) is 0 Å². The van der Waals surface area contributed by atoms with Crippen molar-refractivity contribution in [3.05, 3.63) is 307 Å². The average Bonchev–Trinajstić information content (AvgIpc) is 1.70. The largest absolute Gasteiger partial charge is 0.458 e. The summed E-state index contributed by atoms with van der Waals surface area (Å²) in [6.07, 6.45) is 0. The van der Waals surface area contributed by atoms with E-state index in [1.54, 1.807) is 0 Å². The minimum absolute atomic E-state index is 0.00182. The molecule has 0 radical (unpaired) electrons. The van der Waals surface area contributed by atoms with Crippen LogP contribution in [-0.2, 0) is 27.1 Å². The van der Waals surface area contributed by atoms with E-state index >= 15 is 0 Å². The number of benzene rings is 15. The van der Waals surface area contributed by atoms with E-state index in [0.717, 1.165) is 159 Å². The van der Waals surface area contributed by atoms with Crippen molar-refractivity contribution in [1.82, 2.24) is 4.40 Å². The zero-order valence-electron chi connectivity index (χ0n) is 72.9. The van der Waals surface area contributed by atoms with Gasteiger partial charge in [-0.3, -0.25) is 0 Å². The van der Waals surface area contributed by atoms with E-state index in [1.807, 2.05) is 103 Å². The summed E-state index contributed by atoms with van der Waals surface area (Å²) in [6.45, 7) is 34.0. The SMILES string of the molecule is CC(C)(C)c1cc2c3c(c1)Oc1cccc4c1B3c1c(cccc1O2)O4.CC(C)(C)c1cc2c3c(c1)Oc1ccccc1B3c1ccccc1O2.CC(C)(C)c1cc2c3ccccc3n3c4ccccc4c(c1)c23.CC(C)(C)c1ccc2c3c1Oc1cccc4c1B3c1c(cccc1O2)O4.CC(C)(C)c1ccc2c3c1Oc1ccccc1B3c1ccccc1O2. The molecular formula is C110H91B4NO10. The number of hydrogen-bond donors (Lipinski definition) is 0. The van der Waals surface area contributed by atoms with Crippen LogP contribution in [0.5, 0.6) is 115 Å². The molecule has 0 bridgehead atoms. The average molecular weight is 1630 g/mol. The van der Waals surface area contributed by atoms with Crippen LogP contribution in [0.3, 0.4) is 0 Å². The number of para-hydroxylation sites is 6. The summed E-state index contributed by atoms with van der Waals surface area (Å²) >= 11 is 0. The quantitative estimate of drug-likeness (QED) is 0.137. The molecule has 2 aromatic heterocycles. The highest BCUT2D eigenvalue weighted by molar-refractivity contribution is 7.01. The molecular weight excluding hydrogens is 1540 g/mol. The summed E-state index contributed by atoms with van der Waals surface area (Å²) in [5.74, 6) is 18.0. The molecule has 125 heavy (non-hydrogen) atoms. The Morgan fingerprint density at radius 1 is 0.192 bits per heavy atom. The lowest BCUT2D eigenvalue weighted by molar-refractivity contribution is 0.431. The first-order chi connectivity index (χ1) is 60.1. The van der Waals surface area contributed by atoms with E-state index < -0.39 is 0 Å². The van der Waals surface area contributed by atoms with Crippen LogP contribution in [0.15, 0.2) is 279 Å². The first-order valence-electron chi connectivity index (χ1n) is 43.7. The maximum absolute atomic E-state index is 6.45. The van der Waals surface area contributed by atoms with Crippen LogP contribution in [0, 0.1) is 0 Å². The van der Waals surface area contributed by atoms with Crippen LogP contribution in [0.1, 0.15) is 132 Å². The molecule has 0 saturated carbocycles. The van der Waals surface area contributed by atoms with Gasteiger partial charge in [-0.2, -0.15) is 0 Å². The van der Waals surface area contributed by atoms with Gasteiger partial charge in [-0.1, -0.05) is 249 Å². The van der Waals surface area contributed by atoms with Crippen LogP contribution in [-0.4, -0.2) is 31.3 Å². The van der Waals surface area contributed by atoms with Gasteiger partial charge in [-0.15, -0.1) is 0 Å². The van der Waals surface area contributed by atoms with Gasteiger partial charge in [0, 0.05) is 65.2 Å². The minimum Gasteiger partial charge on any atom is -0.458 e. The summed E-state index contributed by atoms with van der Waals surface area (Å²) in [6, 6.07) is 96.9. The van der Waals surface area contributed by atoms with Gasteiger partial charge in [-0.05, 0) is 210 Å². The van der Waals surface area contributed by atoms with Gasteiger partial charge in [0.2, 0.25) is 0 Å². The van der Waals surface area contributed by atoms with E-state index in [1.165, 1.54) is 87.8 Å². The number of fused-ring (bicyclic) bond motifs is 14. The second kappa shape index (κ2) is 27.4. The fourth-order valence-electron chi connectivity index (χ4n) is 20.3. The first kappa shape index (κ1) is 76.3. The van der Waals surface area contributed by atoms with Crippen LogP contribution in [0.25, 0.3) is 38.1 Å². The maximum atomic E-state index is 6.45.